The van der Waals surface area contributed by atoms with Crippen LogP contribution < -0.4 is 19.8 Å². The molecule has 206 valence electrons. The summed E-state index contributed by atoms with van der Waals surface area (Å²) in [5, 5.41) is 2.82. The van der Waals surface area contributed by atoms with Crippen molar-refractivity contribution in [2.24, 2.45) is 5.41 Å². The zero-order valence-electron chi connectivity index (χ0n) is 22.7. The number of piperidine rings is 1. The van der Waals surface area contributed by atoms with E-state index in [0.717, 1.165) is 44.8 Å². The average molecular weight is 543 g/mol. The van der Waals surface area contributed by atoms with Crippen molar-refractivity contribution in [3.8, 4) is 0 Å². The molecule has 1 amide bonds. The van der Waals surface area contributed by atoms with Crippen molar-refractivity contribution in [3.05, 3.63) is 35.9 Å². The van der Waals surface area contributed by atoms with E-state index in [4.69, 9.17) is 4.74 Å². The summed E-state index contributed by atoms with van der Waals surface area (Å²) in [5.74, 6) is 1.23. The number of rotatable bonds is 6. The maximum atomic E-state index is 13.5. The minimum absolute atomic E-state index is 0.0905. The van der Waals surface area contributed by atoms with Gasteiger partial charge in [-0.15, -0.1) is 0 Å². The minimum Gasteiger partial charge on any atom is -0.375 e. The number of anilines is 3. The molecule has 11 heteroatoms. The summed E-state index contributed by atoms with van der Waals surface area (Å²) in [4.78, 5) is 26.9. The summed E-state index contributed by atoms with van der Waals surface area (Å²) in [6.07, 6.45) is 4.65. The average Bonchev–Trinajstić information content (AvgIpc) is 3.61. The van der Waals surface area contributed by atoms with Crippen LogP contribution >= 0.6 is 0 Å². The SMILES string of the molecule is C[C@@H]1CN(c2cccc(NC(=O)c3ccc(S(=O)(=O)NC(C)(C)C)nc3N3CCC4(CC3)CC4)n2)CCO1. The van der Waals surface area contributed by atoms with Crippen molar-refractivity contribution >= 4 is 33.4 Å². The molecule has 2 aromatic heterocycles. The number of hydrogen-bond acceptors (Lipinski definition) is 8. The monoisotopic (exact) mass is 542 g/mol. The topological polar surface area (TPSA) is 117 Å². The Kier molecular flexibility index (Phi) is 7.12. The molecule has 1 spiro atoms. The van der Waals surface area contributed by atoms with Crippen LogP contribution in [-0.2, 0) is 14.8 Å². The highest BCUT2D eigenvalue weighted by Crippen LogP contribution is 2.54. The molecule has 3 fully saturated rings. The molecule has 5 rings (SSSR count). The fraction of sp³-hybridized carbons (Fsp3) is 0.593. The van der Waals surface area contributed by atoms with E-state index in [9.17, 15) is 13.2 Å². The Morgan fingerprint density at radius 1 is 1.03 bits per heavy atom. The van der Waals surface area contributed by atoms with Crippen molar-refractivity contribution in [3.63, 3.8) is 0 Å². The smallest absolute Gasteiger partial charge is 0.260 e. The molecule has 2 aromatic rings. The molecule has 0 aromatic carbocycles. The van der Waals surface area contributed by atoms with E-state index in [1.54, 1.807) is 32.9 Å². The molecule has 1 saturated carbocycles. The fourth-order valence-electron chi connectivity index (χ4n) is 5.20. The van der Waals surface area contributed by atoms with Crippen molar-refractivity contribution in [2.45, 2.75) is 70.0 Å². The van der Waals surface area contributed by atoms with Gasteiger partial charge in [-0.1, -0.05) is 6.07 Å². The van der Waals surface area contributed by atoms with Gasteiger partial charge in [0.2, 0.25) is 0 Å². The van der Waals surface area contributed by atoms with E-state index in [2.05, 4.69) is 24.9 Å². The first-order valence-corrected chi connectivity index (χ1v) is 14.9. The third-order valence-electron chi connectivity index (χ3n) is 7.43. The van der Waals surface area contributed by atoms with Crippen LogP contribution in [0.25, 0.3) is 0 Å². The Morgan fingerprint density at radius 2 is 1.76 bits per heavy atom. The number of nitrogens with one attached hydrogen (secondary N) is 2. The van der Waals surface area contributed by atoms with Gasteiger partial charge in [-0.2, -0.15) is 0 Å². The summed E-state index contributed by atoms with van der Waals surface area (Å²) in [6, 6.07) is 8.50. The second-order valence-electron chi connectivity index (χ2n) is 11.8. The second-order valence-corrected chi connectivity index (χ2v) is 13.5. The third-order valence-corrected chi connectivity index (χ3v) is 9.09. The predicted octanol–water partition coefficient (Wildman–Crippen LogP) is 3.41. The first-order chi connectivity index (χ1) is 17.9. The highest BCUT2D eigenvalue weighted by molar-refractivity contribution is 7.89. The standard InChI is InChI=1S/C27H38N6O4S/c1-19-18-33(16-17-37-19)22-7-5-6-21(28-22)29-25(34)20-8-9-23(38(35,36)31-26(2,3)4)30-24(20)32-14-12-27(10-11-27)13-15-32/h5-9,19,31H,10-18H2,1-4H3,(H,28,29,34)/t19-/m1/s1. The second kappa shape index (κ2) is 10.1. The summed E-state index contributed by atoms with van der Waals surface area (Å²) in [6.45, 7) is 11.0. The summed E-state index contributed by atoms with van der Waals surface area (Å²) < 4.78 is 34.4. The van der Waals surface area contributed by atoms with Crippen LogP contribution in [0.15, 0.2) is 35.4 Å². The number of ether oxygens (including phenoxy) is 1. The third kappa shape index (κ3) is 6.10. The lowest BCUT2D eigenvalue weighted by atomic mass is 9.93. The summed E-state index contributed by atoms with van der Waals surface area (Å²) >= 11 is 0. The van der Waals surface area contributed by atoms with E-state index < -0.39 is 15.6 Å². The normalized spacial score (nSPS) is 21.4. The highest BCUT2D eigenvalue weighted by Gasteiger charge is 2.45. The number of carbonyl (C=O) groups is 1. The molecular weight excluding hydrogens is 504 g/mol. The lowest BCUT2D eigenvalue weighted by Gasteiger charge is -2.34. The molecule has 3 aliphatic rings. The van der Waals surface area contributed by atoms with Crippen LogP contribution in [-0.4, -0.2) is 68.7 Å². The van der Waals surface area contributed by atoms with Crippen LogP contribution in [0.4, 0.5) is 17.5 Å². The van der Waals surface area contributed by atoms with Gasteiger partial charge in [0.25, 0.3) is 15.9 Å². The number of sulfonamides is 1. The summed E-state index contributed by atoms with van der Waals surface area (Å²) in [7, 11) is -3.86. The molecule has 0 bridgehead atoms. The number of morpholine rings is 1. The van der Waals surface area contributed by atoms with Crippen molar-refractivity contribution in [1.82, 2.24) is 14.7 Å². The van der Waals surface area contributed by atoms with Crippen molar-refractivity contribution in [2.75, 3.05) is 47.9 Å². The van der Waals surface area contributed by atoms with Crippen LogP contribution in [0, 0.1) is 5.41 Å². The lowest BCUT2D eigenvalue weighted by Crippen LogP contribution is -2.41. The van der Waals surface area contributed by atoms with E-state index in [0.29, 0.717) is 29.2 Å². The number of nitrogens with zero attached hydrogens (tertiary/aromatic N) is 4. The predicted molar refractivity (Wildman–Crippen MR) is 147 cm³/mol. The zero-order valence-corrected chi connectivity index (χ0v) is 23.5. The molecule has 1 aliphatic carbocycles. The van der Waals surface area contributed by atoms with Gasteiger partial charge in [0.1, 0.15) is 17.5 Å². The first kappa shape index (κ1) is 26.8. The van der Waals surface area contributed by atoms with Crippen LogP contribution in [0.5, 0.6) is 0 Å². The molecule has 0 unspecified atom stereocenters. The maximum Gasteiger partial charge on any atom is 0.260 e. The van der Waals surface area contributed by atoms with Gasteiger partial charge in [0.05, 0.1) is 18.3 Å². The van der Waals surface area contributed by atoms with Crippen LogP contribution in [0.3, 0.4) is 0 Å². The maximum absolute atomic E-state index is 13.5. The van der Waals surface area contributed by atoms with Crippen LogP contribution in [0.1, 0.15) is 63.7 Å². The molecule has 1 atom stereocenters. The Hall–Kier alpha value is -2.76. The van der Waals surface area contributed by atoms with Gasteiger partial charge in [0, 0.05) is 31.7 Å². The number of amides is 1. The van der Waals surface area contributed by atoms with Crippen molar-refractivity contribution < 1.29 is 17.9 Å². The van der Waals surface area contributed by atoms with Gasteiger partial charge < -0.3 is 19.9 Å². The highest BCUT2D eigenvalue weighted by atomic mass is 32.2. The lowest BCUT2D eigenvalue weighted by molar-refractivity contribution is 0.0529. The number of aromatic nitrogens is 2. The molecule has 4 heterocycles. The fourth-order valence-corrected chi connectivity index (χ4v) is 6.57. The Morgan fingerprint density at radius 3 is 2.42 bits per heavy atom. The van der Waals surface area contributed by atoms with Gasteiger partial charge >= 0.3 is 0 Å². The van der Waals surface area contributed by atoms with E-state index >= 15 is 0 Å². The molecule has 2 N–H and O–H groups in total. The Bertz CT molecular complexity index is 1290. The van der Waals surface area contributed by atoms with Gasteiger partial charge in [0.15, 0.2) is 5.03 Å². The largest absolute Gasteiger partial charge is 0.375 e. The number of carbonyl (C=O) groups excluding carboxylic acids is 1. The Labute approximate surface area is 225 Å². The van der Waals surface area contributed by atoms with E-state index in [1.165, 1.54) is 18.9 Å². The quantitative estimate of drug-likeness (QED) is 0.571. The van der Waals surface area contributed by atoms with Crippen LogP contribution in [0.2, 0.25) is 0 Å². The number of hydrogen-bond donors (Lipinski definition) is 2. The van der Waals surface area contributed by atoms with Crippen molar-refractivity contribution in [1.29, 1.82) is 0 Å². The van der Waals surface area contributed by atoms with Gasteiger partial charge in [-0.05, 0) is 83.1 Å². The Balaban J connectivity index is 1.42. The minimum atomic E-state index is -3.86. The molecule has 0 radical (unpaired) electrons. The van der Waals surface area contributed by atoms with Gasteiger partial charge in [-0.25, -0.2) is 23.1 Å². The molecule has 2 saturated heterocycles. The summed E-state index contributed by atoms with van der Waals surface area (Å²) in [5.41, 5.74) is 0.103. The van der Waals surface area contributed by atoms with E-state index in [-0.39, 0.29) is 17.0 Å². The molecule has 10 nitrogen and oxygen atoms in total. The van der Waals surface area contributed by atoms with E-state index in [1.807, 2.05) is 24.0 Å². The zero-order chi connectivity index (χ0) is 27.1. The molecular formula is C27H38N6O4S. The van der Waals surface area contributed by atoms with Gasteiger partial charge in [-0.3, -0.25) is 4.79 Å². The molecule has 2 aliphatic heterocycles. The number of pyridine rings is 2. The first-order valence-electron chi connectivity index (χ1n) is 13.4. The molecule has 38 heavy (non-hydrogen) atoms.